The summed E-state index contributed by atoms with van der Waals surface area (Å²) in [7, 11) is -0.800. The maximum atomic E-state index is 11.0. The molecule has 7 heteroatoms. The standard InChI is InChI=1S/C13H15N3O3S/c1-20(19)8-2-6-15-12-3-4-13(16(17)18)11-9-14-7-5-10(11)12/h3-5,7,9,15H,2,6,8H2,1H3. The smallest absolute Gasteiger partial charge is 0.278 e. The number of nitrogens with zero attached hydrogens (tertiary/aromatic N) is 2. The van der Waals surface area contributed by atoms with Crippen LogP contribution >= 0.6 is 0 Å². The lowest BCUT2D eigenvalue weighted by Crippen LogP contribution is -2.06. The molecule has 1 aromatic heterocycles. The Labute approximate surface area is 118 Å². The van der Waals surface area contributed by atoms with E-state index in [4.69, 9.17) is 0 Å². The number of nitro benzene ring substituents is 1. The van der Waals surface area contributed by atoms with Gasteiger partial charge in [0.1, 0.15) is 0 Å². The Bertz CT molecular complexity index is 660. The van der Waals surface area contributed by atoms with E-state index < -0.39 is 15.7 Å². The van der Waals surface area contributed by atoms with Crippen molar-refractivity contribution in [2.24, 2.45) is 0 Å². The molecule has 0 aliphatic heterocycles. The third kappa shape index (κ3) is 3.30. The molecular formula is C13H15N3O3S. The van der Waals surface area contributed by atoms with Crippen LogP contribution in [-0.2, 0) is 10.8 Å². The van der Waals surface area contributed by atoms with Gasteiger partial charge in [-0.3, -0.25) is 19.3 Å². The maximum Gasteiger partial charge on any atom is 0.278 e. The second-order valence-electron chi connectivity index (χ2n) is 4.37. The van der Waals surface area contributed by atoms with Gasteiger partial charge in [-0.05, 0) is 18.6 Å². The Hall–Kier alpha value is -2.02. The second kappa shape index (κ2) is 6.42. The van der Waals surface area contributed by atoms with E-state index in [1.54, 1.807) is 24.6 Å². The average Bonchev–Trinajstić information content (AvgIpc) is 2.43. The van der Waals surface area contributed by atoms with Gasteiger partial charge in [0.05, 0.1) is 10.3 Å². The van der Waals surface area contributed by atoms with Gasteiger partial charge in [0.2, 0.25) is 0 Å². The Balaban J connectivity index is 2.24. The highest BCUT2D eigenvalue weighted by Crippen LogP contribution is 2.30. The summed E-state index contributed by atoms with van der Waals surface area (Å²) in [6.45, 7) is 0.675. The molecular weight excluding hydrogens is 278 g/mol. The molecule has 2 rings (SSSR count). The first-order valence-electron chi connectivity index (χ1n) is 6.14. The van der Waals surface area contributed by atoms with Gasteiger partial charge in [-0.2, -0.15) is 0 Å². The molecule has 0 bridgehead atoms. The predicted octanol–water partition coefficient (Wildman–Crippen LogP) is 2.32. The normalized spacial score (nSPS) is 12.2. The third-order valence-corrected chi connectivity index (χ3v) is 3.78. The summed E-state index contributed by atoms with van der Waals surface area (Å²) in [5.74, 6) is 0.638. The van der Waals surface area contributed by atoms with Crippen LogP contribution in [0.5, 0.6) is 0 Å². The quantitative estimate of drug-likeness (QED) is 0.502. The van der Waals surface area contributed by atoms with Gasteiger partial charge in [-0.15, -0.1) is 0 Å². The van der Waals surface area contributed by atoms with E-state index in [-0.39, 0.29) is 5.69 Å². The zero-order chi connectivity index (χ0) is 14.5. The first kappa shape index (κ1) is 14.4. The second-order valence-corrected chi connectivity index (χ2v) is 5.92. The first-order chi connectivity index (χ1) is 9.59. The maximum absolute atomic E-state index is 11.0. The number of rotatable bonds is 6. The molecule has 0 saturated heterocycles. The Morgan fingerprint density at radius 1 is 1.35 bits per heavy atom. The minimum atomic E-state index is -0.800. The number of nitro groups is 1. The van der Waals surface area contributed by atoms with Gasteiger partial charge in [0, 0.05) is 58.9 Å². The lowest BCUT2D eigenvalue weighted by atomic mass is 10.1. The molecule has 20 heavy (non-hydrogen) atoms. The van der Waals surface area contributed by atoms with E-state index in [1.807, 2.05) is 0 Å². The molecule has 2 aromatic rings. The van der Waals surface area contributed by atoms with E-state index in [2.05, 4.69) is 10.3 Å². The third-order valence-electron chi connectivity index (χ3n) is 2.92. The number of fused-ring (bicyclic) bond motifs is 1. The molecule has 1 unspecified atom stereocenters. The molecule has 1 atom stereocenters. The van der Waals surface area contributed by atoms with Crippen molar-refractivity contribution in [3.8, 4) is 0 Å². The molecule has 0 aliphatic rings. The van der Waals surface area contributed by atoms with Crippen LogP contribution in [0.15, 0.2) is 30.6 Å². The number of non-ortho nitro benzene ring substituents is 1. The zero-order valence-corrected chi connectivity index (χ0v) is 11.9. The van der Waals surface area contributed by atoms with Crippen molar-refractivity contribution >= 4 is 32.9 Å². The number of hydrogen-bond acceptors (Lipinski definition) is 5. The van der Waals surface area contributed by atoms with Crippen LogP contribution in [0.2, 0.25) is 0 Å². The van der Waals surface area contributed by atoms with Gasteiger partial charge < -0.3 is 5.32 Å². The van der Waals surface area contributed by atoms with Crippen LogP contribution < -0.4 is 5.32 Å². The lowest BCUT2D eigenvalue weighted by molar-refractivity contribution is -0.383. The molecule has 1 heterocycles. The van der Waals surface area contributed by atoms with Crippen molar-refractivity contribution in [1.82, 2.24) is 4.98 Å². The van der Waals surface area contributed by atoms with Crippen molar-refractivity contribution < 1.29 is 9.13 Å². The van der Waals surface area contributed by atoms with Gasteiger partial charge in [0.25, 0.3) is 5.69 Å². The van der Waals surface area contributed by atoms with Crippen LogP contribution in [0.25, 0.3) is 10.8 Å². The minimum absolute atomic E-state index is 0.0494. The van der Waals surface area contributed by atoms with E-state index in [1.165, 1.54) is 12.3 Å². The van der Waals surface area contributed by atoms with Crippen LogP contribution in [-0.4, -0.2) is 32.7 Å². The molecule has 0 amide bonds. The average molecular weight is 293 g/mol. The van der Waals surface area contributed by atoms with Crippen molar-refractivity contribution in [3.63, 3.8) is 0 Å². The van der Waals surface area contributed by atoms with Crippen molar-refractivity contribution in [2.45, 2.75) is 6.42 Å². The van der Waals surface area contributed by atoms with Crippen LogP contribution in [0.4, 0.5) is 11.4 Å². The Kier molecular flexibility index (Phi) is 4.62. The fourth-order valence-electron chi connectivity index (χ4n) is 1.99. The SMILES string of the molecule is CS(=O)CCCNc1ccc([N+](=O)[O-])c2cnccc12. The number of pyridine rings is 1. The molecule has 0 fully saturated rings. The topological polar surface area (TPSA) is 85.1 Å². The molecule has 1 N–H and O–H groups in total. The van der Waals surface area contributed by atoms with E-state index in [0.29, 0.717) is 17.7 Å². The Morgan fingerprint density at radius 2 is 2.15 bits per heavy atom. The summed E-state index contributed by atoms with van der Waals surface area (Å²) in [6, 6.07) is 4.93. The zero-order valence-electron chi connectivity index (χ0n) is 11.0. The summed E-state index contributed by atoms with van der Waals surface area (Å²) < 4.78 is 11.0. The summed E-state index contributed by atoms with van der Waals surface area (Å²) in [5.41, 5.74) is 0.878. The van der Waals surface area contributed by atoms with Crippen molar-refractivity contribution in [1.29, 1.82) is 0 Å². The van der Waals surface area contributed by atoms with Gasteiger partial charge in [0.15, 0.2) is 0 Å². The van der Waals surface area contributed by atoms with Gasteiger partial charge in [-0.1, -0.05) is 0 Å². The first-order valence-corrected chi connectivity index (χ1v) is 7.87. The predicted molar refractivity (Wildman–Crippen MR) is 80.4 cm³/mol. The van der Waals surface area contributed by atoms with Crippen molar-refractivity contribution in [3.05, 3.63) is 40.7 Å². The van der Waals surface area contributed by atoms with Crippen LogP contribution in [0, 0.1) is 10.1 Å². The van der Waals surface area contributed by atoms with Gasteiger partial charge in [-0.25, -0.2) is 0 Å². The highest BCUT2D eigenvalue weighted by atomic mass is 32.2. The highest BCUT2D eigenvalue weighted by Gasteiger charge is 2.13. The Morgan fingerprint density at radius 3 is 2.85 bits per heavy atom. The fourth-order valence-corrected chi connectivity index (χ4v) is 2.54. The largest absolute Gasteiger partial charge is 0.385 e. The summed E-state index contributed by atoms with van der Waals surface area (Å²) in [5, 5.41) is 15.5. The summed E-state index contributed by atoms with van der Waals surface area (Å²) in [6.07, 6.45) is 5.57. The molecule has 6 nitrogen and oxygen atoms in total. The number of anilines is 1. The number of aromatic nitrogens is 1. The van der Waals surface area contributed by atoms with E-state index in [0.717, 1.165) is 17.5 Å². The molecule has 106 valence electrons. The lowest BCUT2D eigenvalue weighted by Gasteiger charge is -2.09. The van der Waals surface area contributed by atoms with Crippen molar-refractivity contribution in [2.75, 3.05) is 23.9 Å². The monoisotopic (exact) mass is 293 g/mol. The highest BCUT2D eigenvalue weighted by molar-refractivity contribution is 7.84. The summed E-state index contributed by atoms with van der Waals surface area (Å²) in [4.78, 5) is 14.5. The number of nitrogens with one attached hydrogen (secondary N) is 1. The molecule has 0 saturated carbocycles. The van der Waals surface area contributed by atoms with E-state index >= 15 is 0 Å². The van der Waals surface area contributed by atoms with Crippen LogP contribution in [0.1, 0.15) is 6.42 Å². The summed E-state index contributed by atoms with van der Waals surface area (Å²) >= 11 is 0. The number of hydrogen-bond donors (Lipinski definition) is 1. The fraction of sp³-hybridized carbons (Fsp3) is 0.308. The minimum Gasteiger partial charge on any atom is -0.385 e. The molecule has 0 radical (unpaired) electrons. The molecule has 0 aliphatic carbocycles. The van der Waals surface area contributed by atoms with E-state index in [9.17, 15) is 14.3 Å². The van der Waals surface area contributed by atoms with Gasteiger partial charge >= 0.3 is 0 Å². The molecule has 0 spiro atoms. The molecule has 1 aromatic carbocycles. The number of benzene rings is 1. The van der Waals surface area contributed by atoms with Crippen LogP contribution in [0.3, 0.4) is 0 Å².